The fourth-order valence-corrected chi connectivity index (χ4v) is 2.79. The zero-order chi connectivity index (χ0) is 14.3. The molecule has 0 radical (unpaired) electrons. The van der Waals surface area contributed by atoms with Crippen LogP contribution in [-0.2, 0) is 0 Å². The van der Waals surface area contributed by atoms with Gasteiger partial charge in [-0.2, -0.15) is 5.10 Å². The van der Waals surface area contributed by atoms with Crippen LogP contribution in [0.3, 0.4) is 0 Å². The smallest absolute Gasteiger partial charge is 0.169 e. The first-order valence-corrected chi connectivity index (χ1v) is 7.22. The molecule has 0 saturated heterocycles. The minimum absolute atomic E-state index is 0.0107. The summed E-state index contributed by atoms with van der Waals surface area (Å²) in [5.41, 5.74) is 6.69. The van der Waals surface area contributed by atoms with Crippen LogP contribution in [0.2, 0.25) is 0 Å². The zero-order valence-electron chi connectivity index (χ0n) is 11.3. The van der Waals surface area contributed by atoms with E-state index in [9.17, 15) is 5.11 Å². The Morgan fingerprint density at radius 2 is 2.15 bits per heavy atom. The highest BCUT2D eigenvalue weighted by Crippen LogP contribution is 2.32. The topological polar surface area (TPSA) is 57.8 Å². The standard InChI is InChI=1S/C15H15BrN2O2/c1-8-5-9(2)15(19)10(6-8)11-7-12(18-17-11)13-3-4-14(16)20-13/h3-6,12,18-19H,7H2,1-2H3/t12-/m1/s1. The average Bonchev–Trinajstić information content (AvgIpc) is 3.02. The number of furan rings is 1. The number of hydrogen-bond donors (Lipinski definition) is 2. The summed E-state index contributed by atoms with van der Waals surface area (Å²) in [5, 5.41) is 14.6. The maximum absolute atomic E-state index is 10.2. The van der Waals surface area contributed by atoms with E-state index in [1.54, 1.807) is 0 Å². The average molecular weight is 335 g/mol. The molecule has 0 bridgehead atoms. The number of hydrazone groups is 1. The highest BCUT2D eigenvalue weighted by atomic mass is 79.9. The maximum atomic E-state index is 10.2. The van der Waals surface area contributed by atoms with Crippen molar-refractivity contribution in [2.24, 2.45) is 5.10 Å². The number of rotatable bonds is 2. The van der Waals surface area contributed by atoms with Crippen molar-refractivity contribution in [1.82, 2.24) is 5.43 Å². The van der Waals surface area contributed by atoms with Crippen LogP contribution in [0.1, 0.15) is 34.9 Å². The van der Waals surface area contributed by atoms with Gasteiger partial charge < -0.3 is 9.52 Å². The quantitative estimate of drug-likeness (QED) is 0.878. The van der Waals surface area contributed by atoms with Crippen LogP contribution in [0, 0.1) is 13.8 Å². The largest absolute Gasteiger partial charge is 0.507 e. The van der Waals surface area contributed by atoms with E-state index < -0.39 is 0 Å². The molecule has 5 heteroatoms. The van der Waals surface area contributed by atoms with Gasteiger partial charge in [0.25, 0.3) is 0 Å². The summed E-state index contributed by atoms with van der Waals surface area (Å²) in [6.07, 6.45) is 0.691. The summed E-state index contributed by atoms with van der Waals surface area (Å²) in [6, 6.07) is 7.72. The van der Waals surface area contributed by atoms with Gasteiger partial charge in [-0.1, -0.05) is 6.07 Å². The van der Waals surface area contributed by atoms with Crippen LogP contribution in [-0.4, -0.2) is 10.8 Å². The van der Waals surface area contributed by atoms with Gasteiger partial charge in [0.2, 0.25) is 0 Å². The van der Waals surface area contributed by atoms with Crippen LogP contribution in [0.4, 0.5) is 0 Å². The van der Waals surface area contributed by atoms with E-state index in [0.717, 1.165) is 28.2 Å². The van der Waals surface area contributed by atoms with Crippen molar-refractivity contribution in [3.63, 3.8) is 0 Å². The minimum atomic E-state index is 0.0107. The third-order valence-electron chi connectivity index (χ3n) is 3.45. The van der Waals surface area contributed by atoms with Gasteiger partial charge in [0.1, 0.15) is 17.6 Å². The monoisotopic (exact) mass is 334 g/mol. The molecule has 20 heavy (non-hydrogen) atoms. The van der Waals surface area contributed by atoms with Crippen molar-refractivity contribution < 1.29 is 9.52 Å². The Morgan fingerprint density at radius 3 is 2.85 bits per heavy atom. The van der Waals surface area contributed by atoms with E-state index in [0.29, 0.717) is 16.8 Å². The summed E-state index contributed by atoms with van der Waals surface area (Å²) < 4.78 is 6.25. The third-order valence-corrected chi connectivity index (χ3v) is 3.87. The lowest BCUT2D eigenvalue weighted by Gasteiger charge is -2.09. The van der Waals surface area contributed by atoms with E-state index in [1.807, 2.05) is 38.1 Å². The van der Waals surface area contributed by atoms with Gasteiger partial charge in [-0.15, -0.1) is 0 Å². The number of phenols is 1. The van der Waals surface area contributed by atoms with Crippen molar-refractivity contribution in [2.45, 2.75) is 26.3 Å². The molecule has 1 aliphatic heterocycles. The van der Waals surface area contributed by atoms with Crippen LogP contribution in [0.5, 0.6) is 5.75 Å². The van der Waals surface area contributed by atoms with Crippen molar-refractivity contribution in [2.75, 3.05) is 0 Å². The summed E-state index contributed by atoms with van der Waals surface area (Å²) in [6.45, 7) is 3.91. The Balaban J connectivity index is 1.87. The molecule has 0 spiro atoms. The van der Waals surface area contributed by atoms with Crippen LogP contribution >= 0.6 is 15.9 Å². The molecule has 1 atom stereocenters. The minimum Gasteiger partial charge on any atom is -0.507 e. The SMILES string of the molecule is Cc1cc(C)c(O)c(C2=NN[C@@H](c3ccc(Br)o3)C2)c1. The van der Waals surface area contributed by atoms with E-state index in [2.05, 4.69) is 26.5 Å². The Morgan fingerprint density at radius 1 is 1.35 bits per heavy atom. The number of nitrogens with one attached hydrogen (secondary N) is 1. The van der Waals surface area contributed by atoms with Gasteiger partial charge in [0, 0.05) is 12.0 Å². The highest BCUT2D eigenvalue weighted by Gasteiger charge is 2.25. The molecule has 0 aliphatic carbocycles. The van der Waals surface area contributed by atoms with Crippen molar-refractivity contribution in [3.05, 3.63) is 51.4 Å². The fourth-order valence-electron chi connectivity index (χ4n) is 2.47. The number of halogens is 1. The molecule has 0 amide bonds. The molecule has 4 nitrogen and oxygen atoms in total. The molecule has 2 N–H and O–H groups in total. The van der Waals surface area contributed by atoms with Gasteiger partial charge in [-0.05, 0) is 59.1 Å². The van der Waals surface area contributed by atoms with Gasteiger partial charge in [-0.25, -0.2) is 0 Å². The number of aromatic hydroxyl groups is 1. The molecular formula is C15H15BrN2O2. The third kappa shape index (κ3) is 2.33. The van der Waals surface area contributed by atoms with E-state index in [-0.39, 0.29) is 6.04 Å². The first-order valence-electron chi connectivity index (χ1n) is 6.42. The Kier molecular flexibility index (Phi) is 3.30. The van der Waals surface area contributed by atoms with Crippen LogP contribution < -0.4 is 5.43 Å². The Hall–Kier alpha value is -1.75. The van der Waals surface area contributed by atoms with Crippen molar-refractivity contribution in [1.29, 1.82) is 0 Å². The lowest BCUT2D eigenvalue weighted by Crippen LogP contribution is -2.08. The van der Waals surface area contributed by atoms with E-state index >= 15 is 0 Å². The predicted molar refractivity (Wildman–Crippen MR) is 81.0 cm³/mol. The van der Waals surface area contributed by atoms with Crippen LogP contribution in [0.25, 0.3) is 0 Å². The lowest BCUT2D eigenvalue weighted by molar-refractivity contribution is 0.426. The lowest BCUT2D eigenvalue weighted by atomic mass is 9.98. The molecule has 0 unspecified atom stereocenters. The molecule has 2 aromatic rings. The van der Waals surface area contributed by atoms with Gasteiger partial charge in [0.05, 0.1) is 5.71 Å². The number of benzene rings is 1. The molecule has 1 aliphatic rings. The second-order valence-electron chi connectivity index (χ2n) is 5.06. The van der Waals surface area contributed by atoms with E-state index in [4.69, 9.17) is 4.42 Å². The highest BCUT2D eigenvalue weighted by molar-refractivity contribution is 9.10. The molecule has 1 aromatic heterocycles. The second kappa shape index (κ2) is 4.98. The Labute approximate surface area is 125 Å². The van der Waals surface area contributed by atoms with Gasteiger partial charge >= 0.3 is 0 Å². The maximum Gasteiger partial charge on any atom is 0.169 e. The molecule has 3 rings (SSSR count). The molecule has 2 heterocycles. The summed E-state index contributed by atoms with van der Waals surface area (Å²) in [5.74, 6) is 1.14. The summed E-state index contributed by atoms with van der Waals surface area (Å²) >= 11 is 3.30. The fraction of sp³-hybridized carbons (Fsp3) is 0.267. The number of aryl methyl sites for hydroxylation is 2. The molecule has 104 valence electrons. The molecule has 1 aromatic carbocycles. The van der Waals surface area contributed by atoms with E-state index in [1.165, 1.54) is 0 Å². The molecular weight excluding hydrogens is 320 g/mol. The second-order valence-corrected chi connectivity index (χ2v) is 5.85. The number of hydrogen-bond acceptors (Lipinski definition) is 4. The zero-order valence-corrected chi connectivity index (χ0v) is 12.9. The van der Waals surface area contributed by atoms with Crippen LogP contribution in [0.15, 0.2) is 38.5 Å². The Bertz CT molecular complexity index is 691. The number of nitrogens with zero attached hydrogens (tertiary/aromatic N) is 1. The van der Waals surface area contributed by atoms with Gasteiger partial charge in [-0.3, -0.25) is 5.43 Å². The number of phenolic OH excluding ortho intramolecular Hbond substituents is 1. The molecule has 0 fully saturated rings. The summed E-state index contributed by atoms with van der Waals surface area (Å²) in [7, 11) is 0. The van der Waals surface area contributed by atoms with Gasteiger partial charge in [0.15, 0.2) is 4.67 Å². The van der Waals surface area contributed by atoms with Crippen molar-refractivity contribution in [3.8, 4) is 5.75 Å². The summed E-state index contributed by atoms with van der Waals surface area (Å²) in [4.78, 5) is 0. The predicted octanol–water partition coefficient (Wildman–Crippen LogP) is 3.80. The first kappa shape index (κ1) is 13.2. The molecule has 0 saturated carbocycles. The normalized spacial score (nSPS) is 17.9. The van der Waals surface area contributed by atoms with Crippen molar-refractivity contribution >= 4 is 21.6 Å². The first-order chi connectivity index (χ1) is 9.54.